The van der Waals surface area contributed by atoms with E-state index in [-0.39, 0.29) is 0 Å². The smallest absolute Gasteiger partial charge is 0.0427 e. The van der Waals surface area contributed by atoms with Crippen molar-refractivity contribution in [2.45, 2.75) is 19.8 Å². The van der Waals surface area contributed by atoms with Crippen LogP contribution >= 0.6 is 11.3 Å². The summed E-state index contributed by atoms with van der Waals surface area (Å²) in [7, 11) is 0. The molecule has 0 radical (unpaired) electrons. The molecule has 0 spiro atoms. The van der Waals surface area contributed by atoms with Gasteiger partial charge < -0.3 is 0 Å². The van der Waals surface area contributed by atoms with E-state index in [1.54, 1.807) is 5.57 Å². The van der Waals surface area contributed by atoms with Crippen LogP contribution in [-0.4, -0.2) is 0 Å². The van der Waals surface area contributed by atoms with E-state index in [4.69, 9.17) is 0 Å². The molecule has 0 N–H and O–H groups in total. The lowest BCUT2D eigenvalue weighted by atomic mass is 10.00. The number of allylic oxidation sites excluding steroid dienone is 1. The van der Waals surface area contributed by atoms with Crippen LogP contribution in [0.25, 0.3) is 27.3 Å². The highest BCUT2D eigenvalue weighted by atomic mass is 32.1. The molecule has 0 bridgehead atoms. The van der Waals surface area contributed by atoms with Gasteiger partial charge in [0, 0.05) is 10.3 Å². The van der Waals surface area contributed by atoms with Crippen LogP contribution in [0, 0.1) is 0 Å². The predicted octanol–water partition coefficient (Wildman–Crippen LogP) is 5.92. The Balaban J connectivity index is 1.96. The molecule has 1 aliphatic rings. The zero-order valence-electron chi connectivity index (χ0n) is 11.5. The first-order valence-electron chi connectivity index (χ1n) is 7.14. The van der Waals surface area contributed by atoms with E-state index in [0.717, 1.165) is 12.8 Å². The largest absolute Gasteiger partial charge is 0.143 e. The Morgan fingerprint density at radius 2 is 1.95 bits per heavy atom. The maximum absolute atomic E-state index is 2.40. The minimum atomic E-state index is 1.13. The highest BCUT2D eigenvalue weighted by Gasteiger charge is 2.17. The van der Waals surface area contributed by atoms with Crippen molar-refractivity contribution >= 4 is 28.2 Å². The summed E-state index contributed by atoms with van der Waals surface area (Å²) >= 11 is 1.86. The Bertz CT molecular complexity index is 821. The summed E-state index contributed by atoms with van der Waals surface area (Å²) in [6.45, 7) is 2.25. The predicted molar refractivity (Wildman–Crippen MR) is 89.2 cm³/mol. The molecule has 0 aliphatic heterocycles. The minimum absolute atomic E-state index is 1.13. The van der Waals surface area contributed by atoms with Crippen molar-refractivity contribution in [2.24, 2.45) is 0 Å². The second-order valence-corrected chi connectivity index (χ2v) is 6.24. The third-order valence-electron chi connectivity index (χ3n) is 4.17. The van der Waals surface area contributed by atoms with Gasteiger partial charge in [0.25, 0.3) is 0 Å². The van der Waals surface area contributed by atoms with Gasteiger partial charge in [-0.05, 0) is 40.3 Å². The molecule has 0 unspecified atom stereocenters. The van der Waals surface area contributed by atoms with Gasteiger partial charge in [-0.15, -0.1) is 11.3 Å². The molecule has 1 aliphatic carbocycles. The van der Waals surface area contributed by atoms with E-state index in [1.165, 1.54) is 32.3 Å². The van der Waals surface area contributed by atoms with Crippen molar-refractivity contribution in [3.8, 4) is 10.4 Å². The zero-order valence-corrected chi connectivity index (χ0v) is 12.3. The summed E-state index contributed by atoms with van der Waals surface area (Å²) in [5, 5.41) is 5.00. The van der Waals surface area contributed by atoms with Gasteiger partial charge in [-0.25, -0.2) is 0 Å². The first-order chi connectivity index (χ1) is 9.86. The summed E-state index contributed by atoms with van der Waals surface area (Å²) in [4.78, 5) is 1.41. The third kappa shape index (κ3) is 1.74. The Morgan fingerprint density at radius 1 is 1.05 bits per heavy atom. The monoisotopic (exact) mass is 276 g/mol. The van der Waals surface area contributed by atoms with Crippen LogP contribution < -0.4 is 0 Å². The summed E-state index contributed by atoms with van der Waals surface area (Å²) in [5.41, 5.74) is 5.87. The number of benzene rings is 2. The standard InChI is InChI=1S/C19H16S/c1-2-13-10-14-7-5-9-17(18(14)11-13)19-16-8-4-3-6-15(16)12-20-19/h3-9,11-12H,2,10H2,1H3. The number of fused-ring (bicyclic) bond motifs is 2. The maximum atomic E-state index is 2.40. The summed E-state index contributed by atoms with van der Waals surface area (Å²) in [6, 6.07) is 15.4. The first kappa shape index (κ1) is 11.9. The molecule has 0 nitrogen and oxygen atoms in total. The maximum Gasteiger partial charge on any atom is 0.0427 e. The van der Waals surface area contributed by atoms with E-state index in [1.807, 2.05) is 11.3 Å². The molecule has 0 fully saturated rings. The second-order valence-electron chi connectivity index (χ2n) is 5.36. The van der Waals surface area contributed by atoms with Crippen molar-refractivity contribution < 1.29 is 0 Å². The van der Waals surface area contributed by atoms with Crippen LogP contribution in [0.5, 0.6) is 0 Å². The molecule has 98 valence electrons. The zero-order chi connectivity index (χ0) is 13.5. The molecule has 2 aromatic carbocycles. The Hall–Kier alpha value is -1.86. The summed E-state index contributed by atoms with van der Waals surface area (Å²) < 4.78 is 0. The molecule has 1 heterocycles. The van der Waals surface area contributed by atoms with Crippen LogP contribution in [-0.2, 0) is 6.42 Å². The summed E-state index contributed by atoms with van der Waals surface area (Å²) in [5.74, 6) is 0. The average molecular weight is 276 g/mol. The molecule has 20 heavy (non-hydrogen) atoms. The third-order valence-corrected chi connectivity index (χ3v) is 5.22. The highest BCUT2D eigenvalue weighted by Crippen LogP contribution is 2.40. The Kier molecular flexibility index (Phi) is 2.75. The van der Waals surface area contributed by atoms with Gasteiger partial charge in [-0.2, -0.15) is 0 Å². The fourth-order valence-electron chi connectivity index (χ4n) is 3.06. The van der Waals surface area contributed by atoms with Crippen molar-refractivity contribution in [3.63, 3.8) is 0 Å². The Labute approximate surface area is 123 Å². The fraction of sp³-hybridized carbons (Fsp3) is 0.158. The van der Waals surface area contributed by atoms with Gasteiger partial charge in [0.2, 0.25) is 0 Å². The van der Waals surface area contributed by atoms with Crippen molar-refractivity contribution in [1.29, 1.82) is 0 Å². The second kappa shape index (κ2) is 4.60. The lowest BCUT2D eigenvalue weighted by Gasteiger charge is -2.06. The van der Waals surface area contributed by atoms with Gasteiger partial charge in [0.05, 0.1) is 0 Å². The molecule has 3 aromatic rings. The molecule has 0 amide bonds. The SMILES string of the molecule is CCC1=Cc2c(cccc2-c2scc3ccccc23)C1. The number of thiophene rings is 1. The highest BCUT2D eigenvalue weighted by molar-refractivity contribution is 7.15. The Morgan fingerprint density at radius 3 is 2.85 bits per heavy atom. The van der Waals surface area contributed by atoms with E-state index in [9.17, 15) is 0 Å². The van der Waals surface area contributed by atoms with Gasteiger partial charge >= 0.3 is 0 Å². The molecule has 4 rings (SSSR count). The van der Waals surface area contributed by atoms with Gasteiger partial charge in [0.1, 0.15) is 0 Å². The van der Waals surface area contributed by atoms with Crippen molar-refractivity contribution in [2.75, 3.05) is 0 Å². The van der Waals surface area contributed by atoms with Gasteiger partial charge in [-0.3, -0.25) is 0 Å². The van der Waals surface area contributed by atoms with Crippen LogP contribution in [0.2, 0.25) is 0 Å². The van der Waals surface area contributed by atoms with Crippen molar-refractivity contribution in [1.82, 2.24) is 0 Å². The van der Waals surface area contributed by atoms with E-state index in [2.05, 4.69) is 60.8 Å². The van der Waals surface area contributed by atoms with E-state index < -0.39 is 0 Å². The molecule has 1 aromatic heterocycles. The average Bonchev–Trinajstić information content (AvgIpc) is 3.10. The van der Waals surface area contributed by atoms with Crippen LogP contribution in [0.15, 0.2) is 53.4 Å². The van der Waals surface area contributed by atoms with Gasteiger partial charge in [-0.1, -0.05) is 61.0 Å². The topological polar surface area (TPSA) is 0 Å². The lowest BCUT2D eigenvalue weighted by Crippen LogP contribution is -1.86. The normalized spacial score (nSPS) is 13.6. The number of rotatable bonds is 2. The van der Waals surface area contributed by atoms with Crippen LogP contribution in [0.1, 0.15) is 24.5 Å². The summed E-state index contributed by atoms with van der Waals surface area (Å²) in [6.07, 6.45) is 4.68. The van der Waals surface area contributed by atoms with Crippen LogP contribution in [0.4, 0.5) is 0 Å². The van der Waals surface area contributed by atoms with Crippen LogP contribution in [0.3, 0.4) is 0 Å². The molecular weight excluding hydrogens is 260 g/mol. The van der Waals surface area contributed by atoms with E-state index in [0.29, 0.717) is 0 Å². The molecule has 0 atom stereocenters. The fourth-order valence-corrected chi connectivity index (χ4v) is 4.13. The molecule has 0 saturated carbocycles. The molecular formula is C19H16S. The van der Waals surface area contributed by atoms with E-state index >= 15 is 0 Å². The lowest BCUT2D eigenvalue weighted by molar-refractivity contribution is 1.04. The van der Waals surface area contributed by atoms with Crippen molar-refractivity contribution in [3.05, 3.63) is 64.5 Å². The minimum Gasteiger partial charge on any atom is -0.143 e. The van der Waals surface area contributed by atoms with Gasteiger partial charge in [0.15, 0.2) is 0 Å². The molecule has 1 heteroatoms. The first-order valence-corrected chi connectivity index (χ1v) is 8.02. The molecule has 0 saturated heterocycles. The number of hydrogen-bond acceptors (Lipinski definition) is 1. The number of hydrogen-bond donors (Lipinski definition) is 0. The quantitative estimate of drug-likeness (QED) is 0.545.